The first-order valence-corrected chi connectivity index (χ1v) is 4.47. The molecule has 16 heavy (non-hydrogen) atoms. The monoisotopic (exact) mass is 231 g/mol. The summed E-state index contributed by atoms with van der Waals surface area (Å²) in [7, 11) is 0. The topological polar surface area (TPSA) is 48.4 Å². The van der Waals surface area contributed by atoms with Gasteiger partial charge in [0.15, 0.2) is 11.3 Å². The summed E-state index contributed by atoms with van der Waals surface area (Å²) in [5.41, 5.74) is 5.39. The van der Waals surface area contributed by atoms with Crippen molar-refractivity contribution in [2.75, 3.05) is 0 Å². The molecule has 6 heteroatoms. The fourth-order valence-electron chi connectivity index (χ4n) is 1.40. The van der Waals surface area contributed by atoms with Gasteiger partial charge in [0, 0.05) is 5.39 Å². The van der Waals surface area contributed by atoms with E-state index in [1.807, 2.05) is 0 Å². The van der Waals surface area contributed by atoms with Crippen molar-refractivity contribution in [3.8, 4) is 5.75 Å². The van der Waals surface area contributed by atoms with Crippen molar-refractivity contribution >= 4 is 11.0 Å². The van der Waals surface area contributed by atoms with Crippen molar-refractivity contribution in [3.05, 3.63) is 30.0 Å². The van der Waals surface area contributed by atoms with Crippen LogP contribution in [0.4, 0.5) is 13.2 Å². The van der Waals surface area contributed by atoms with Crippen LogP contribution in [0.15, 0.2) is 28.7 Å². The molecular weight excluding hydrogens is 223 g/mol. The number of furan rings is 1. The first-order valence-electron chi connectivity index (χ1n) is 4.47. The van der Waals surface area contributed by atoms with Crippen LogP contribution in [-0.2, 0) is 6.54 Å². The van der Waals surface area contributed by atoms with Crippen molar-refractivity contribution in [3.63, 3.8) is 0 Å². The van der Waals surface area contributed by atoms with Crippen LogP contribution in [0, 0.1) is 0 Å². The maximum atomic E-state index is 12.1. The molecule has 0 saturated heterocycles. The predicted octanol–water partition coefficient (Wildman–Crippen LogP) is 2.79. The Hall–Kier alpha value is -1.69. The molecule has 1 heterocycles. The number of halogens is 3. The standard InChI is InChI=1S/C10H8F3NO2/c11-10(12,13)16-8-3-1-2-6-4-7(5-14)15-9(6)8/h1-4H,5,14H2. The Morgan fingerprint density at radius 3 is 2.69 bits per heavy atom. The lowest BCUT2D eigenvalue weighted by molar-refractivity contribution is -0.274. The van der Waals surface area contributed by atoms with Crippen LogP contribution in [0.25, 0.3) is 11.0 Å². The van der Waals surface area contributed by atoms with Gasteiger partial charge in [-0.05, 0) is 12.1 Å². The molecular formula is C10H8F3NO2. The Kier molecular flexibility index (Phi) is 2.51. The Morgan fingerprint density at radius 2 is 2.06 bits per heavy atom. The van der Waals surface area contributed by atoms with E-state index >= 15 is 0 Å². The number of hydrogen-bond acceptors (Lipinski definition) is 3. The third kappa shape index (κ3) is 2.11. The molecule has 2 aromatic rings. The fourth-order valence-corrected chi connectivity index (χ4v) is 1.40. The molecule has 0 atom stereocenters. The van der Waals surface area contributed by atoms with E-state index in [1.54, 1.807) is 12.1 Å². The third-order valence-electron chi connectivity index (χ3n) is 1.99. The molecule has 0 fully saturated rings. The lowest BCUT2D eigenvalue weighted by Crippen LogP contribution is -2.17. The second kappa shape index (κ2) is 3.71. The molecule has 0 unspecified atom stereocenters. The molecule has 1 aromatic heterocycles. The van der Waals surface area contributed by atoms with Gasteiger partial charge < -0.3 is 14.9 Å². The molecule has 0 spiro atoms. The van der Waals surface area contributed by atoms with Gasteiger partial charge in [-0.25, -0.2) is 0 Å². The second-order valence-electron chi connectivity index (χ2n) is 3.14. The van der Waals surface area contributed by atoms with Crippen LogP contribution >= 0.6 is 0 Å². The Balaban J connectivity index is 2.48. The minimum absolute atomic E-state index is 0.0558. The van der Waals surface area contributed by atoms with E-state index in [1.165, 1.54) is 12.1 Å². The van der Waals surface area contributed by atoms with Gasteiger partial charge >= 0.3 is 6.36 Å². The highest BCUT2D eigenvalue weighted by atomic mass is 19.4. The normalized spacial score (nSPS) is 12.0. The minimum Gasteiger partial charge on any atom is -0.456 e. The summed E-state index contributed by atoms with van der Waals surface area (Å²) in [6.07, 6.45) is -4.73. The summed E-state index contributed by atoms with van der Waals surface area (Å²) in [5.74, 6) is 0.0536. The molecule has 2 rings (SSSR count). The van der Waals surface area contributed by atoms with E-state index in [-0.39, 0.29) is 17.9 Å². The number of fused-ring (bicyclic) bond motifs is 1. The number of ether oxygens (including phenoxy) is 1. The largest absolute Gasteiger partial charge is 0.573 e. The van der Waals surface area contributed by atoms with Crippen LogP contribution in [-0.4, -0.2) is 6.36 Å². The number of rotatable bonds is 2. The van der Waals surface area contributed by atoms with Crippen molar-refractivity contribution in [1.82, 2.24) is 0 Å². The maximum absolute atomic E-state index is 12.1. The zero-order valence-electron chi connectivity index (χ0n) is 8.04. The van der Waals surface area contributed by atoms with E-state index in [0.717, 1.165) is 0 Å². The van der Waals surface area contributed by atoms with E-state index in [9.17, 15) is 13.2 Å². The molecule has 0 bridgehead atoms. The zero-order chi connectivity index (χ0) is 11.8. The molecule has 0 aliphatic rings. The average molecular weight is 231 g/mol. The number of benzene rings is 1. The van der Waals surface area contributed by atoms with Gasteiger partial charge in [-0.3, -0.25) is 0 Å². The molecule has 0 radical (unpaired) electrons. The maximum Gasteiger partial charge on any atom is 0.573 e. The molecule has 86 valence electrons. The predicted molar refractivity (Wildman–Crippen MR) is 50.8 cm³/mol. The van der Waals surface area contributed by atoms with Crippen molar-refractivity contribution < 1.29 is 22.3 Å². The summed E-state index contributed by atoms with van der Waals surface area (Å²) in [6, 6.07) is 5.86. The molecule has 0 aliphatic carbocycles. The summed E-state index contributed by atoms with van der Waals surface area (Å²) >= 11 is 0. The first-order chi connectivity index (χ1) is 7.49. The Morgan fingerprint density at radius 1 is 1.31 bits per heavy atom. The van der Waals surface area contributed by atoms with E-state index < -0.39 is 6.36 Å². The Bertz CT molecular complexity index is 504. The number of para-hydroxylation sites is 1. The SMILES string of the molecule is NCc1cc2cccc(OC(F)(F)F)c2o1. The molecule has 3 nitrogen and oxygen atoms in total. The lowest BCUT2D eigenvalue weighted by Gasteiger charge is -2.08. The smallest absolute Gasteiger partial charge is 0.456 e. The summed E-state index contributed by atoms with van der Waals surface area (Å²) < 4.78 is 45.2. The van der Waals surface area contributed by atoms with Gasteiger partial charge in [0.1, 0.15) is 5.76 Å². The highest BCUT2D eigenvalue weighted by Gasteiger charge is 2.32. The van der Waals surface area contributed by atoms with Crippen molar-refractivity contribution in [2.24, 2.45) is 5.73 Å². The second-order valence-corrected chi connectivity index (χ2v) is 3.14. The van der Waals surface area contributed by atoms with E-state index in [0.29, 0.717) is 11.1 Å². The molecule has 0 saturated carbocycles. The fraction of sp³-hybridized carbons (Fsp3) is 0.200. The van der Waals surface area contributed by atoms with Gasteiger partial charge in [-0.1, -0.05) is 12.1 Å². The lowest BCUT2D eigenvalue weighted by atomic mass is 10.2. The molecule has 0 amide bonds. The van der Waals surface area contributed by atoms with E-state index in [4.69, 9.17) is 10.2 Å². The minimum atomic E-state index is -4.73. The Labute approximate surface area is 88.6 Å². The van der Waals surface area contributed by atoms with E-state index in [2.05, 4.69) is 4.74 Å². The van der Waals surface area contributed by atoms with Gasteiger partial charge in [-0.15, -0.1) is 13.2 Å². The van der Waals surface area contributed by atoms with Crippen LogP contribution in [0.2, 0.25) is 0 Å². The first kappa shape index (κ1) is 10.8. The molecule has 1 aromatic carbocycles. The number of alkyl halides is 3. The highest BCUT2D eigenvalue weighted by molar-refractivity contribution is 5.83. The summed E-state index contributed by atoms with van der Waals surface area (Å²) in [6.45, 7) is 0.125. The van der Waals surface area contributed by atoms with Gasteiger partial charge in [0.05, 0.1) is 6.54 Å². The van der Waals surface area contributed by atoms with Crippen LogP contribution in [0.1, 0.15) is 5.76 Å². The van der Waals surface area contributed by atoms with Crippen LogP contribution in [0.5, 0.6) is 5.75 Å². The third-order valence-corrected chi connectivity index (χ3v) is 1.99. The average Bonchev–Trinajstić information content (AvgIpc) is 2.59. The van der Waals surface area contributed by atoms with Crippen LogP contribution < -0.4 is 10.5 Å². The summed E-state index contributed by atoms with van der Waals surface area (Å²) in [4.78, 5) is 0. The quantitative estimate of drug-likeness (QED) is 0.864. The van der Waals surface area contributed by atoms with Gasteiger partial charge in [-0.2, -0.15) is 0 Å². The zero-order valence-corrected chi connectivity index (χ0v) is 8.04. The molecule has 0 aliphatic heterocycles. The molecule has 2 N–H and O–H groups in total. The van der Waals surface area contributed by atoms with Gasteiger partial charge in [0.25, 0.3) is 0 Å². The summed E-state index contributed by atoms with van der Waals surface area (Å²) in [5, 5.41) is 0.530. The van der Waals surface area contributed by atoms with Crippen molar-refractivity contribution in [1.29, 1.82) is 0 Å². The number of hydrogen-bond donors (Lipinski definition) is 1. The number of nitrogens with two attached hydrogens (primary N) is 1. The van der Waals surface area contributed by atoms with Crippen molar-refractivity contribution in [2.45, 2.75) is 12.9 Å². The highest BCUT2D eigenvalue weighted by Crippen LogP contribution is 2.32. The van der Waals surface area contributed by atoms with Crippen LogP contribution in [0.3, 0.4) is 0 Å². The van der Waals surface area contributed by atoms with Gasteiger partial charge in [0.2, 0.25) is 0 Å².